The lowest BCUT2D eigenvalue weighted by molar-refractivity contribution is -0.135. The molecule has 0 spiro atoms. The maximum absolute atomic E-state index is 12.6. The summed E-state index contributed by atoms with van der Waals surface area (Å²) in [6, 6.07) is 10.3. The molecule has 3 aromatic rings. The summed E-state index contributed by atoms with van der Waals surface area (Å²) in [4.78, 5) is 23.8. The highest BCUT2D eigenvalue weighted by atomic mass is 16.2. The van der Waals surface area contributed by atoms with E-state index in [1.807, 2.05) is 41.2 Å². The molecule has 0 bridgehead atoms. The smallest absolute Gasteiger partial charge is 0.225 e. The zero-order chi connectivity index (χ0) is 19.6. The fraction of sp³-hybridized carbons (Fsp3) is 0.455. The van der Waals surface area contributed by atoms with Gasteiger partial charge >= 0.3 is 0 Å². The summed E-state index contributed by atoms with van der Waals surface area (Å²) < 4.78 is 1.84. The number of amides is 1. The first kappa shape index (κ1) is 18.1. The number of carbonyl (C=O) groups excluding carboxylic acids is 1. The molecule has 1 saturated heterocycles. The van der Waals surface area contributed by atoms with E-state index in [-0.39, 0.29) is 5.92 Å². The minimum atomic E-state index is 0.189. The zero-order valence-electron chi connectivity index (χ0n) is 16.5. The average molecular weight is 390 g/mol. The van der Waals surface area contributed by atoms with Crippen molar-refractivity contribution in [1.82, 2.24) is 24.6 Å². The summed E-state index contributed by atoms with van der Waals surface area (Å²) in [5.74, 6) is 1.93. The number of hydrogen-bond donors (Lipinski definition) is 1. The number of aromatic nitrogens is 4. The van der Waals surface area contributed by atoms with Crippen molar-refractivity contribution < 1.29 is 4.79 Å². The van der Waals surface area contributed by atoms with Crippen LogP contribution in [0.1, 0.15) is 38.5 Å². The second-order valence-corrected chi connectivity index (χ2v) is 8.08. The van der Waals surface area contributed by atoms with Crippen molar-refractivity contribution in [2.24, 2.45) is 5.92 Å². The maximum Gasteiger partial charge on any atom is 0.225 e. The number of para-hydroxylation sites is 1. The Morgan fingerprint density at radius 1 is 1.03 bits per heavy atom. The van der Waals surface area contributed by atoms with Gasteiger partial charge < -0.3 is 10.2 Å². The topological polar surface area (TPSA) is 75.9 Å². The summed E-state index contributed by atoms with van der Waals surface area (Å²) in [6.07, 6.45) is 9.76. The fourth-order valence-electron chi connectivity index (χ4n) is 4.55. The van der Waals surface area contributed by atoms with Crippen LogP contribution in [-0.2, 0) is 4.79 Å². The second-order valence-electron chi connectivity index (χ2n) is 8.08. The Balaban J connectivity index is 1.24. The van der Waals surface area contributed by atoms with Crippen LogP contribution in [-0.4, -0.2) is 49.7 Å². The molecule has 1 aliphatic carbocycles. The van der Waals surface area contributed by atoms with Crippen LogP contribution in [0.4, 0.5) is 5.95 Å². The van der Waals surface area contributed by atoms with E-state index in [9.17, 15) is 4.79 Å². The highest BCUT2D eigenvalue weighted by Crippen LogP contribution is 2.28. The molecule has 0 unspecified atom stereocenters. The molecule has 1 saturated carbocycles. The van der Waals surface area contributed by atoms with Crippen molar-refractivity contribution in [3.63, 3.8) is 0 Å². The van der Waals surface area contributed by atoms with Gasteiger partial charge in [0.05, 0.1) is 11.7 Å². The van der Waals surface area contributed by atoms with Crippen LogP contribution in [0.25, 0.3) is 16.7 Å². The number of hydrogen-bond acceptors (Lipinski definition) is 5. The van der Waals surface area contributed by atoms with E-state index in [4.69, 9.17) is 0 Å². The third kappa shape index (κ3) is 3.69. The van der Waals surface area contributed by atoms with Gasteiger partial charge in [-0.1, -0.05) is 18.2 Å². The number of carbonyl (C=O) groups is 1. The molecule has 7 nitrogen and oxygen atoms in total. The van der Waals surface area contributed by atoms with E-state index in [2.05, 4.69) is 25.3 Å². The van der Waals surface area contributed by atoms with Gasteiger partial charge in [0.1, 0.15) is 0 Å². The van der Waals surface area contributed by atoms with Crippen LogP contribution >= 0.6 is 0 Å². The van der Waals surface area contributed by atoms with Gasteiger partial charge in [-0.2, -0.15) is 10.1 Å². The van der Waals surface area contributed by atoms with E-state index in [1.54, 1.807) is 6.20 Å². The third-order valence-electron chi connectivity index (χ3n) is 6.16. The molecule has 1 amide bonds. The molecule has 1 aromatic carbocycles. The van der Waals surface area contributed by atoms with Crippen molar-refractivity contribution >= 4 is 22.8 Å². The molecule has 2 aromatic heterocycles. The Morgan fingerprint density at radius 2 is 1.83 bits per heavy atom. The highest BCUT2D eigenvalue weighted by molar-refractivity contribution is 5.80. The van der Waals surface area contributed by atoms with E-state index >= 15 is 0 Å². The molecule has 150 valence electrons. The predicted octanol–water partition coefficient (Wildman–Crippen LogP) is 3.41. The fourth-order valence-corrected chi connectivity index (χ4v) is 4.55. The Labute approximate surface area is 170 Å². The summed E-state index contributed by atoms with van der Waals surface area (Å²) in [5, 5.41) is 9.03. The van der Waals surface area contributed by atoms with Gasteiger partial charge in [0.2, 0.25) is 11.9 Å². The monoisotopic (exact) mass is 390 g/mol. The van der Waals surface area contributed by atoms with Gasteiger partial charge in [0, 0.05) is 42.7 Å². The predicted molar refractivity (Wildman–Crippen MR) is 112 cm³/mol. The Kier molecular flexibility index (Phi) is 4.87. The Bertz CT molecular complexity index is 1000. The third-order valence-corrected chi connectivity index (χ3v) is 6.16. The Morgan fingerprint density at radius 3 is 2.66 bits per heavy atom. The molecule has 0 atom stereocenters. The number of nitrogens with one attached hydrogen (secondary N) is 1. The first-order chi connectivity index (χ1) is 14.3. The van der Waals surface area contributed by atoms with Crippen molar-refractivity contribution in [2.45, 2.75) is 44.6 Å². The van der Waals surface area contributed by atoms with Gasteiger partial charge in [-0.15, -0.1) is 0 Å². The molecule has 7 heteroatoms. The molecular weight excluding hydrogens is 364 g/mol. The molecule has 2 aliphatic rings. The van der Waals surface area contributed by atoms with Crippen molar-refractivity contribution in [1.29, 1.82) is 0 Å². The quantitative estimate of drug-likeness (QED) is 0.739. The van der Waals surface area contributed by atoms with Crippen molar-refractivity contribution in [2.75, 3.05) is 18.4 Å². The van der Waals surface area contributed by atoms with E-state index < -0.39 is 0 Å². The van der Waals surface area contributed by atoms with Gasteiger partial charge in [0.15, 0.2) is 5.82 Å². The van der Waals surface area contributed by atoms with Crippen LogP contribution in [0.15, 0.2) is 42.7 Å². The number of nitrogens with zero attached hydrogens (tertiary/aromatic N) is 5. The van der Waals surface area contributed by atoms with Gasteiger partial charge in [-0.25, -0.2) is 9.67 Å². The maximum atomic E-state index is 12.6. The lowest BCUT2D eigenvalue weighted by Crippen LogP contribution is -2.37. The minimum absolute atomic E-state index is 0.189. The van der Waals surface area contributed by atoms with E-state index in [0.29, 0.717) is 17.9 Å². The molecule has 1 aliphatic heterocycles. The van der Waals surface area contributed by atoms with E-state index in [1.165, 1.54) is 0 Å². The average Bonchev–Trinajstić information content (AvgIpc) is 3.44. The Hall–Kier alpha value is -2.96. The van der Waals surface area contributed by atoms with Gasteiger partial charge in [0.25, 0.3) is 0 Å². The number of likely N-dealkylation sites (tertiary alicyclic amines) is 1. The number of rotatable bonds is 4. The van der Waals surface area contributed by atoms with Crippen LogP contribution in [0.3, 0.4) is 0 Å². The standard InChI is InChI=1S/C22H26N6O/c29-21(27-13-3-4-14-27)16-7-9-18(10-8-16)25-22-23-12-11-20(26-22)28-19-6-2-1-5-17(19)15-24-28/h1-2,5-6,11-12,15-16,18H,3-4,7-10,13-14H2,(H,23,25,26). The van der Waals surface area contributed by atoms with Crippen LogP contribution < -0.4 is 5.32 Å². The normalized spacial score (nSPS) is 22.1. The largest absolute Gasteiger partial charge is 0.351 e. The van der Waals surface area contributed by atoms with Gasteiger partial charge in [-0.05, 0) is 44.6 Å². The molecule has 0 radical (unpaired) electrons. The number of fused-ring (bicyclic) bond motifs is 1. The number of anilines is 1. The lowest BCUT2D eigenvalue weighted by atomic mass is 9.85. The van der Waals surface area contributed by atoms with Gasteiger partial charge in [-0.3, -0.25) is 4.79 Å². The summed E-state index contributed by atoms with van der Waals surface area (Å²) in [5.41, 5.74) is 1.03. The molecule has 29 heavy (non-hydrogen) atoms. The minimum Gasteiger partial charge on any atom is -0.351 e. The molecule has 1 N–H and O–H groups in total. The lowest BCUT2D eigenvalue weighted by Gasteiger charge is -2.30. The van der Waals surface area contributed by atoms with Crippen LogP contribution in [0.2, 0.25) is 0 Å². The molecule has 2 fully saturated rings. The van der Waals surface area contributed by atoms with Crippen molar-refractivity contribution in [3.05, 3.63) is 42.7 Å². The molecule has 5 rings (SSSR count). The van der Waals surface area contributed by atoms with Crippen LogP contribution in [0, 0.1) is 5.92 Å². The zero-order valence-corrected chi connectivity index (χ0v) is 16.5. The summed E-state index contributed by atoms with van der Waals surface area (Å²) in [7, 11) is 0. The first-order valence-electron chi connectivity index (χ1n) is 10.6. The van der Waals surface area contributed by atoms with E-state index in [0.717, 1.165) is 68.3 Å². The van der Waals surface area contributed by atoms with Crippen molar-refractivity contribution in [3.8, 4) is 5.82 Å². The van der Waals surface area contributed by atoms with Crippen LogP contribution in [0.5, 0.6) is 0 Å². The molecule has 3 heterocycles. The summed E-state index contributed by atoms with van der Waals surface area (Å²) >= 11 is 0. The first-order valence-corrected chi connectivity index (χ1v) is 10.6. The number of benzene rings is 1. The second kappa shape index (κ2) is 7.81. The summed E-state index contributed by atoms with van der Waals surface area (Å²) in [6.45, 7) is 1.89. The SMILES string of the molecule is O=C(C1CCC(Nc2nccc(-n3ncc4ccccc43)n2)CC1)N1CCCC1. The molecular formula is C22H26N6O. The highest BCUT2D eigenvalue weighted by Gasteiger charge is 2.30.